The minimum absolute atomic E-state index is 0.310. The Morgan fingerprint density at radius 1 is 1.56 bits per heavy atom. The monoisotopic (exact) mass is 221 g/mol. The Bertz CT molecular complexity index is 470. The zero-order valence-corrected chi connectivity index (χ0v) is 9.36. The molecule has 2 aromatic rings. The Balaban J connectivity index is 2.04. The number of nitrogen functional groups attached to an aromatic ring is 1. The number of anilines is 2. The molecule has 0 spiro atoms. The fourth-order valence-corrected chi connectivity index (χ4v) is 1.56. The molecule has 7 heteroatoms. The van der Waals surface area contributed by atoms with Crippen molar-refractivity contribution in [1.82, 2.24) is 25.0 Å². The third-order valence-electron chi connectivity index (χ3n) is 2.27. The molecule has 2 heterocycles. The van der Waals surface area contributed by atoms with Crippen LogP contribution >= 0.6 is 0 Å². The predicted molar refractivity (Wildman–Crippen MR) is 60.7 cm³/mol. The van der Waals surface area contributed by atoms with Crippen molar-refractivity contribution in [3.63, 3.8) is 0 Å². The number of nitrogens with two attached hydrogens (primary N) is 1. The lowest BCUT2D eigenvalue weighted by Crippen LogP contribution is -2.02. The number of H-pyrrole nitrogens is 1. The molecule has 0 atom stereocenters. The minimum Gasteiger partial charge on any atom is -0.368 e. The van der Waals surface area contributed by atoms with Crippen LogP contribution in [-0.2, 0) is 20.0 Å². The molecular weight excluding hydrogens is 206 g/mol. The summed E-state index contributed by atoms with van der Waals surface area (Å²) in [4.78, 5) is 3.96. The minimum atomic E-state index is 0.310. The van der Waals surface area contributed by atoms with E-state index in [2.05, 4.69) is 32.5 Å². The van der Waals surface area contributed by atoms with Gasteiger partial charge in [0.05, 0.1) is 5.69 Å². The van der Waals surface area contributed by atoms with Crippen molar-refractivity contribution in [2.45, 2.75) is 19.9 Å². The molecule has 2 aromatic heterocycles. The van der Waals surface area contributed by atoms with Crippen LogP contribution in [-0.4, -0.2) is 25.0 Å². The summed E-state index contributed by atoms with van der Waals surface area (Å²) in [6.45, 7) is 2.73. The number of hydrogen-bond acceptors (Lipinski definition) is 5. The normalized spacial score (nSPS) is 10.6. The number of aromatic amines is 1. The molecule has 0 aliphatic rings. The van der Waals surface area contributed by atoms with E-state index in [4.69, 9.17) is 5.73 Å². The highest BCUT2D eigenvalue weighted by Crippen LogP contribution is 2.09. The molecule has 4 N–H and O–H groups in total. The van der Waals surface area contributed by atoms with Gasteiger partial charge in [0.15, 0.2) is 0 Å². The van der Waals surface area contributed by atoms with Gasteiger partial charge in [-0.15, -0.1) is 5.10 Å². The van der Waals surface area contributed by atoms with E-state index in [-0.39, 0.29) is 0 Å². The molecule has 0 fully saturated rings. The second kappa shape index (κ2) is 4.21. The molecule has 16 heavy (non-hydrogen) atoms. The molecule has 0 unspecified atom stereocenters. The second-order valence-corrected chi connectivity index (χ2v) is 3.53. The van der Waals surface area contributed by atoms with E-state index in [1.54, 1.807) is 0 Å². The van der Waals surface area contributed by atoms with Crippen molar-refractivity contribution >= 4 is 11.9 Å². The number of aromatic nitrogens is 5. The molecule has 0 aromatic carbocycles. The zero-order chi connectivity index (χ0) is 11.5. The van der Waals surface area contributed by atoms with Crippen molar-refractivity contribution in [2.75, 3.05) is 11.1 Å². The van der Waals surface area contributed by atoms with Gasteiger partial charge in [0.2, 0.25) is 11.9 Å². The van der Waals surface area contributed by atoms with Crippen LogP contribution < -0.4 is 11.1 Å². The van der Waals surface area contributed by atoms with Crippen molar-refractivity contribution < 1.29 is 0 Å². The summed E-state index contributed by atoms with van der Waals surface area (Å²) in [5.41, 5.74) is 7.65. The molecule has 0 aliphatic carbocycles. The summed E-state index contributed by atoms with van der Waals surface area (Å²) >= 11 is 0. The first-order chi connectivity index (χ1) is 7.69. The van der Waals surface area contributed by atoms with Gasteiger partial charge in [-0.05, 0) is 6.42 Å². The average Bonchev–Trinajstić information content (AvgIpc) is 2.81. The van der Waals surface area contributed by atoms with E-state index in [1.165, 1.54) is 0 Å². The van der Waals surface area contributed by atoms with E-state index in [9.17, 15) is 0 Å². The zero-order valence-electron chi connectivity index (χ0n) is 9.36. The first-order valence-electron chi connectivity index (χ1n) is 5.12. The highest BCUT2D eigenvalue weighted by molar-refractivity contribution is 5.32. The van der Waals surface area contributed by atoms with E-state index in [1.807, 2.05) is 17.9 Å². The topological polar surface area (TPSA) is 97.4 Å². The summed E-state index contributed by atoms with van der Waals surface area (Å²) in [7, 11) is 1.91. The molecule has 86 valence electrons. The maximum absolute atomic E-state index is 5.42. The van der Waals surface area contributed by atoms with Gasteiger partial charge in [-0.3, -0.25) is 4.68 Å². The van der Waals surface area contributed by atoms with E-state index < -0.39 is 0 Å². The predicted octanol–water partition coefficient (Wildman–Crippen LogP) is 0.295. The lowest BCUT2D eigenvalue weighted by molar-refractivity contribution is 0.746. The molecular formula is C9H15N7. The lowest BCUT2D eigenvalue weighted by Gasteiger charge is -2.00. The van der Waals surface area contributed by atoms with E-state index in [0.29, 0.717) is 18.4 Å². The molecule has 0 saturated heterocycles. The maximum Gasteiger partial charge on any atom is 0.243 e. The highest BCUT2D eigenvalue weighted by atomic mass is 15.3. The first-order valence-corrected chi connectivity index (χ1v) is 5.12. The summed E-state index contributed by atoms with van der Waals surface area (Å²) in [6, 6.07) is 0. The first kappa shape index (κ1) is 10.5. The van der Waals surface area contributed by atoms with Gasteiger partial charge in [0.25, 0.3) is 0 Å². The van der Waals surface area contributed by atoms with Crippen LogP contribution in [0.15, 0.2) is 6.20 Å². The Labute approximate surface area is 93.1 Å². The number of hydrogen-bond donors (Lipinski definition) is 3. The molecule has 0 aliphatic heterocycles. The molecule has 0 saturated carbocycles. The maximum atomic E-state index is 5.42. The summed E-state index contributed by atoms with van der Waals surface area (Å²) in [6.07, 6.45) is 2.90. The second-order valence-electron chi connectivity index (χ2n) is 3.53. The molecule has 0 radical (unpaired) electrons. The van der Waals surface area contributed by atoms with Gasteiger partial charge >= 0.3 is 0 Å². The van der Waals surface area contributed by atoms with Gasteiger partial charge in [0, 0.05) is 25.4 Å². The summed E-state index contributed by atoms with van der Waals surface area (Å²) in [5, 5.41) is 13.9. The molecule has 2 rings (SSSR count). The van der Waals surface area contributed by atoms with E-state index in [0.717, 1.165) is 17.7 Å². The van der Waals surface area contributed by atoms with Gasteiger partial charge in [-0.25, -0.2) is 5.10 Å². The third-order valence-corrected chi connectivity index (χ3v) is 2.27. The van der Waals surface area contributed by atoms with Gasteiger partial charge < -0.3 is 11.1 Å². The number of nitrogens with zero attached hydrogens (tertiary/aromatic N) is 4. The molecule has 0 bridgehead atoms. The SMILES string of the molecule is CCc1nn(C)cc1CNc1n[nH]c(N)n1. The van der Waals surface area contributed by atoms with Crippen molar-refractivity contribution in [1.29, 1.82) is 0 Å². The van der Waals surface area contributed by atoms with E-state index >= 15 is 0 Å². The third kappa shape index (κ3) is 2.13. The quantitative estimate of drug-likeness (QED) is 0.689. The Morgan fingerprint density at radius 2 is 2.38 bits per heavy atom. The van der Waals surface area contributed by atoms with Crippen molar-refractivity contribution in [2.24, 2.45) is 7.05 Å². The highest BCUT2D eigenvalue weighted by Gasteiger charge is 2.06. The van der Waals surface area contributed by atoms with Gasteiger partial charge in [0.1, 0.15) is 0 Å². The van der Waals surface area contributed by atoms with Crippen LogP contribution in [0.4, 0.5) is 11.9 Å². The van der Waals surface area contributed by atoms with Crippen LogP contribution in [0, 0.1) is 0 Å². The van der Waals surface area contributed by atoms with Crippen molar-refractivity contribution in [3.05, 3.63) is 17.5 Å². The van der Waals surface area contributed by atoms with Crippen LogP contribution in [0.3, 0.4) is 0 Å². The van der Waals surface area contributed by atoms with Crippen LogP contribution in [0.5, 0.6) is 0 Å². The standard InChI is InChI=1S/C9H15N7/c1-3-7-6(5-16(2)15-7)4-11-9-12-8(10)13-14-9/h5H,3-4H2,1-2H3,(H4,10,11,12,13,14). The average molecular weight is 221 g/mol. The lowest BCUT2D eigenvalue weighted by atomic mass is 10.2. The molecule has 0 amide bonds. The van der Waals surface area contributed by atoms with Crippen LogP contribution in [0.1, 0.15) is 18.2 Å². The number of rotatable bonds is 4. The number of nitrogens with one attached hydrogen (secondary N) is 2. The molecule has 7 nitrogen and oxygen atoms in total. The fourth-order valence-electron chi connectivity index (χ4n) is 1.56. The summed E-state index contributed by atoms with van der Waals surface area (Å²) in [5.74, 6) is 0.813. The van der Waals surface area contributed by atoms with Gasteiger partial charge in [-0.1, -0.05) is 6.92 Å². The van der Waals surface area contributed by atoms with Crippen molar-refractivity contribution in [3.8, 4) is 0 Å². The fraction of sp³-hybridized carbons (Fsp3) is 0.444. The Kier molecular flexibility index (Phi) is 2.76. The van der Waals surface area contributed by atoms with Crippen LogP contribution in [0.2, 0.25) is 0 Å². The Morgan fingerprint density at radius 3 is 3.00 bits per heavy atom. The van der Waals surface area contributed by atoms with Gasteiger partial charge in [-0.2, -0.15) is 10.1 Å². The smallest absolute Gasteiger partial charge is 0.243 e. The van der Waals surface area contributed by atoms with Crippen LogP contribution in [0.25, 0.3) is 0 Å². The largest absolute Gasteiger partial charge is 0.368 e. The Hall–Kier alpha value is -2.05. The summed E-state index contributed by atoms with van der Waals surface area (Å²) < 4.78 is 1.81. The number of aryl methyl sites for hydroxylation is 2.